The second-order valence-corrected chi connectivity index (χ2v) is 6.68. The molecule has 0 bridgehead atoms. The third kappa shape index (κ3) is 3.46. The normalized spacial score (nSPS) is 10.7. The average Bonchev–Trinajstić information content (AvgIpc) is 2.81. The molecule has 9 nitrogen and oxygen atoms in total. The number of rotatable bonds is 8. The number of aromatic hydroxyl groups is 1. The number of fused-ring (bicyclic) bond motifs is 1. The van der Waals surface area contributed by atoms with E-state index in [-0.39, 0.29) is 44.7 Å². The van der Waals surface area contributed by atoms with Gasteiger partial charge in [-0.25, -0.2) is 4.79 Å². The second kappa shape index (κ2) is 9.11. The van der Waals surface area contributed by atoms with Gasteiger partial charge in [0.1, 0.15) is 5.75 Å². The Balaban J connectivity index is 2.65. The lowest BCUT2D eigenvalue weighted by atomic mass is 9.87. The largest absolute Gasteiger partial charge is 0.507 e. The molecule has 0 aliphatic carbocycles. The number of carboxylic acids is 1. The van der Waals surface area contributed by atoms with Crippen LogP contribution in [0.2, 0.25) is 0 Å². The maximum absolute atomic E-state index is 12.4. The Morgan fingerprint density at radius 1 is 0.844 bits per heavy atom. The van der Waals surface area contributed by atoms with Gasteiger partial charge in [-0.3, -0.25) is 0 Å². The minimum atomic E-state index is -1.34. The van der Waals surface area contributed by atoms with Gasteiger partial charge >= 0.3 is 5.97 Å². The summed E-state index contributed by atoms with van der Waals surface area (Å²) >= 11 is 0. The fourth-order valence-electron chi connectivity index (χ4n) is 3.82. The molecule has 9 heteroatoms. The van der Waals surface area contributed by atoms with Crippen molar-refractivity contribution in [2.45, 2.75) is 6.61 Å². The molecule has 3 N–H and O–H groups in total. The zero-order chi connectivity index (χ0) is 23.6. The van der Waals surface area contributed by atoms with Gasteiger partial charge in [0, 0.05) is 21.9 Å². The van der Waals surface area contributed by atoms with Crippen LogP contribution in [-0.4, -0.2) is 56.8 Å². The van der Waals surface area contributed by atoms with E-state index in [2.05, 4.69) is 0 Å². The van der Waals surface area contributed by atoms with Crippen molar-refractivity contribution >= 4 is 16.7 Å². The summed E-state index contributed by atoms with van der Waals surface area (Å²) in [5, 5.41) is 31.4. The quantitative estimate of drug-likeness (QED) is 0.479. The monoisotopic (exact) mass is 444 g/mol. The number of phenols is 1. The Bertz CT molecular complexity index is 1180. The van der Waals surface area contributed by atoms with E-state index >= 15 is 0 Å². The number of carboxylic acid groups (broad SMARTS) is 1. The lowest BCUT2D eigenvalue weighted by Crippen LogP contribution is -2.08. The molecule has 0 fully saturated rings. The number of hydrogen-bond acceptors (Lipinski definition) is 8. The first-order valence-electron chi connectivity index (χ1n) is 9.45. The minimum Gasteiger partial charge on any atom is -0.507 e. The fraction of sp³-hybridized carbons (Fsp3) is 0.261. The number of aliphatic hydroxyl groups excluding tert-OH is 1. The first-order valence-corrected chi connectivity index (χ1v) is 9.45. The van der Waals surface area contributed by atoms with E-state index in [1.807, 2.05) is 0 Å². The molecule has 0 radical (unpaired) electrons. The van der Waals surface area contributed by atoms with Gasteiger partial charge in [-0.1, -0.05) is 6.07 Å². The van der Waals surface area contributed by atoms with Crippen molar-refractivity contribution in [2.75, 3.05) is 35.5 Å². The van der Waals surface area contributed by atoms with E-state index < -0.39 is 18.3 Å². The van der Waals surface area contributed by atoms with Crippen molar-refractivity contribution in [1.82, 2.24) is 0 Å². The highest BCUT2D eigenvalue weighted by Gasteiger charge is 2.30. The molecule has 0 spiro atoms. The maximum atomic E-state index is 12.4. The van der Waals surface area contributed by atoms with Crippen LogP contribution in [0, 0.1) is 0 Å². The van der Waals surface area contributed by atoms with E-state index in [0.717, 1.165) is 0 Å². The topological polar surface area (TPSA) is 124 Å². The van der Waals surface area contributed by atoms with E-state index in [4.69, 9.17) is 23.7 Å². The van der Waals surface area contributed by atoms with E-state index in [0.29, 0.717) is 17.1 Å². The van der Waals surface area contributed by atoms with Crippen LogP contribution < -0.4 is 23.7 Å². The lowest BCUT2D eigenvalue weighted by Gasteiger charge is -2.22. The molecule has 0 saturated heterocycles. The van der Waals surface area contributed by atoms with Gasteiger partial charge in [-0.2, -0.15) is 0 Å². The first-order chi connectivity index (χ1) is 15.4. The van der Waals surface area contributed by atoms with Crippen molar-refractivity contribution in [3.05, 3.63) is 35.4 Å². The van der Waals surface area contributed by atoms with Crippen LogP contribution in [0.25, 0.3) is 21.9 Å². The Kier molecular flexibility index (Phi) is 6.50. The van der Waals surface area contributed by atoms with Crippen LogP contribution in [0.3, 0.4) is 0 Å². The van der Waals surface area contributed by atoms with Crippen LogP contribution in [0.1, 0.15) is 15.9 Å². The molecule has 0 unspecified atom stereocenters. The number of aromatic carboxylic acids is 1. The molecule has 3 aromatic carbocycles. The molecule has 0 aliphatic heterocycles. The van der Waals surface area contributed by atoms with Gasteiger partial charge in [0.15, 0.2) is 23.0 Å². The van der Waals surface area contributed by atoms with Gasteiger partial charge in [-0.15, -0.1) is 0 Å². The molecule has 170 valence electrons. The van der Waals surface area contributed by atoms with Crippen molar-refractivity contribution in [3.8, 4) is 45.6 Å². The van der Waals surface area contributed by atoms with E-state index in [1.54, 1.807) is 18.2 Å². The second-order valence-electron chi connectivity index (χ2n) is 6.68. The average molecular weight is 444 g/mol. The summed E-state index contributed by atoms with van der Waals surface area (Å²) in [6, 6.07) is 6.39. The summed E-state index contributed by atoms with van der Waals surface area (Å²) in [5.74, 6) is -0.281. The molecule has 3 rings (SSSR count). The molecule has 0 saturated carbocycles. The zero-order valence-corrected chi connectivity index (χ0v) is 18.3. The summed E-state index contributed by atoms with van der Waals surface area (Å²) in [6.45, 7) is -0.708. The summed E-state index contributed by atoms with van der Waals surface area (Å²) in [7, 11) is 7.19. The predicted octanol–water partition coefficient (Wildman–Crippen LogP) is 3.45. The van der Waals surface area contributed by atoms with Gasteiger partial charge in [0.25, 0.3) is 0 Å². The van der Waals surface area contributed by atoms with Crippen molar-refractivity contribution in [3.63, 3.8) is 0 Å². The van der Waals surface area contributed by atoms with Crippen LogP contribution in [0.4, 0.5) is 0 Å². The molecule has 0 heterocycles. The van der Waals surface area contributed by atoms with Crippen molar-refractivity contribution in [2.24, 2.45) is 0 Å². The SMILES string of the molecule is COc1ccc(-c2c(C(=O)O)c(CO)c(O)c3cc(OC)c(OC)c(OC)c23)cc1OC. The van der Waals surface area contributed by atoms with Gasteiger partial charge in [0.05, 0.1) is 47.7 Å². The molecular formula is C23H24O9. The summed E-state index contributed by atoms with van der Waals surface area (Å²) in [5.41, 5.74) is 0.206. The highest BCUT2D eigenvalue weighted by Crippen LogP contribution is 2.52. The maximum Gasteiger partial charge on any atom is 0.336 e. The molecule has 0 atom stereocenters. The Morgan fingerprint density at radius 3 is 1.97 bits per heavy atom. The van der Waals surface area contributed by atoms with E-state index in [1.165, 1.54) is 41.6 Å². The van der Waals surface area contributed by atoms with E-state index in [9.17, 15) is 20.1 Å². The summed E-state index contributed by atoms with van der Waals surface area (Å²) in [6.07, 6.45) is 0. The highest BCUT2D eigenvalue weighted by molar-refractivity contribution is 6.15. The van der Waals surface area contributed by atoms with Crippen LogP contribution in [0.15, 0.2) is 24.3 Å². The molecule has 3 aromatic rings. The Morgan fingerprint density at radius 2 is 1.47 bits per heavy atom. The Labute approximate surface area is 184 Å². The van der Waals surface area contributed by atoms with Crippen LogP contribution >= 0.6 is 0 Å². The summed E-state index contributed by atoms with van der Waals surface area (Å²) in [4.78, 5) is 12.4. The number of aliphatic hydroxyl groups is 1. The van der Waals surface area contributed by atoms with Gasteiger partial charge in [0.2, 0.25) is 5.75 Å². The number of hydrogen-bond donors (Lipinski definition) is 3. The van der Waals surface area contributed by atoms with Gasteiger partial charge < -0.3 is 39.0 Å². The van der Waals surface area contributed by atoms with Gasteiger partial charge in [-0.05, 0) is 23.8 Å². The van der Waals surface area contributed by atoms with Crippen molar-refractivity contribution in [1.29, 1.82) is 0 Å². The number of carbonyl (C=O) groups is 1. The first kappa shape index (κ1) is 22.8. The number of ether oxygens (including phenoxy) is 5. The lowest BCUT2D eigenvalue weighted by molar-refractivity contribution is 0.0693. The molecule has 32 heavy (non-hydrogen) atoms. The predicted molar refractivity (Wildman–Crippen MR) is 117 cm³/mol. The molecule has 0 aliphatic rings. The third-order valence-electron chi connectivity index (χ3n) is 5.22. The molecule has 0 amide bonds. The standard InChI is InChI=1S/C23H24O9/c1-28-14-7-6-11(8-15(14)29-2)17-18-12(20(25)13(10-24)19(17)23(26)27)9-16(30-3)21(31-4)22(18)32-5/h6-9,24-25H,10H2,1-5H3,(H,26,27). The minimum absolute atomic E-state index is 0.149. The third-order valence-corrected chi connectivity index (χ3v) is 5.22. The van der Waals surface area contributed by atoms with Crippen LogP contribution in [-0.2, 0) is 6.61 Å². The fourth-order valence-corrected chi connectivity index (χ4v) is 3.82. The molecular weight excluding hydrogens is 420 g/mol. The number of benzene rings is 3. The summed E-state index contributed by atoms with van der Waals surface area (Å²) < 4.78 is 27.1. The van der Waals surface area contributed by atoms with Crippen LogP contribution in [0.5, 0.6) is 34.5 Å². The zero-order valence-electron chi connectivity index (χ0n) is 18.3. The molecule has 0 aromatic heterocycles. The van der Waals surface area contributed by atoms with Crippen molar-refractivity contribution < 1.29 is 43.8 Å². The Hall–Kier alpha value is -3.85. The number of methoxy groups -OCH3 is 5. The smallest absolute Gasteiger partial charge is 0.336 e. The highest BCUT2D eigenvalue weighted by atomic mass is 16.5.